The second-order valence-electron chi connectivity index (χ2n) is 6.80. The molecule has 2 N–H and O–H groups in total. The van der Waals surface area contributed by atoms with Gasteiger partial charge in [0.1, 0.15) is 0 Å². The Morgan fingerprint density at radius 2 is 2.00 bits per heavy atom. The van der Waals surface area contributed by atoms with Crippen molar-refractivity contribution in [2.24, 2.45) is 0 Å². The second-order valence-corrected chi connectivity index (χ2v) is 9.03. The molecule has 1 unspecified atom stereocenters. The van der Waals surface area contributed by atoms with E-state index in [0.29, 0.717) is 31.4 Å². The van der Waals surface area contributed by atoms with Crippen LogP contribution in [0, 0.1) is 0 Å². The molecule has 1 saturated heterocycles. The first-order valence-corrected chi connectivity index (χ1v) is 9.89. The highest BCUT2D eigenvalue weighted by Crippen LogP contribution is 2.43. The molecule has 1 fully saturated rings. The van der Waals surface area contributed by atoms with Crippen LogP contribution in [0.2, 0.25) is 0 Å². The minimum absolute atomic E-state index is 0.121. The van der Waals surface area contributed by atoms with E-state index in [-0.39, 0.29) is 22.8 Å². The Morgan fingerprint density at radius 1 is 1.24 bits per heavy atom. The summed E-state index contributed by atoms with van der Waals surface area (Å²) < 4.78 is 25.3. The molecule has 0 aliphatic carbocycles. The number of hydrogen-bond donors (Lipinski definition) is 2. The van der Waals surface area contributed by atoms with E-state index in [1.54, 1.807) is 12.5 Å². The van der Waals surface area contributed by atoms with Gasteiger partial charge in [0.25, 0.3) is 5.91 Å². The van der Waals surface area contributed by atoms with Crippen LogP contribution in [0.5, 0.6) is 0 Å². The summed E-state index contributed by atoms with van der Waals surface area (Å²) in [4.78, 5) is 26.2. The van der Waals surface area contributed by atoms with E-state index < -0.39 is 20.5 Å². The van der Waals surface area contributed by atoms with Crippen molar-refractivity contribution in [3.05, 3.63) is 29.3 Å². The molecule has 1 spiro atoms. The lowest BCUT2D eigenvalue weighted by Gasteiger charge is -2.40. The van der Waals surface area contributed by atoms with Crippen LogP contribution in [-0.4, -0.2) is 48.7 Å². The number of fused-ring (bicyclic) bond motifs is 1. The van der Waals surface area contributed by atoms with E-state index in [0.717, 1.165) is 12.8 Å². The summed E-state index contributed by atoms with van der Waals surface area (Å²) in [6.45, 7) is 0.568. The number of hydrogen-bond acceptors (Lipinski definition) is 5. The lowest BCUT2D eigenvalue weighted by Crippen LogP contribution is -2.55. The van der Waals surface area contributed by atoms with Gasteiger partial charge >= 0.3 is 0 Å². The van der Waals surface area contributed by atoms with Crippen LogP contribution in [0.4, 0.5) is 0 Å². The second kappa shape index (κ2) is 6.42. The zero-order chi connectivity index (χ0) is 18.2. The molecule has 0 saturated carbocycles. The molecular formula is C17H22N2O5S. The first-order chi connectivity index (χ1) is 11.8. The van der Waals surface area contributed by atoms with Gasteiger partial charge in [-0.3, -0.25) is 14.8 Å². The standard InChI is InChI=1S/C17H22N2O5S/c1-19-10-4-2-3-8-17(16(19)21)9-7-12-11-13(15(20)18-22)5-6-14(12)25(17,23)24/h5-6,11,22H,2-4,7-10H2,1H3,(H,18,20). The van der Waals surface area contributed by atoms with Crippen molar-refractivity contribution in [3.8, 4) is 0 Å². The van der Waals surface area contributed by atoms with Crippen molar-refractivity contribution >= 4 is 21.7 Å². The number of carbonyl (C=O) groups excluding carboxylic acids is 2. The molecule has 7 nitrogen and oxygen atoms in total. The average Bonchev–Trinajstić information content (AvgIpc) is 2.60. The third-order valence-corrected chi connectivity index (χ3v) is 7.93. The van der Waals surface area contributed by atoms with Crippen LogP contribution < -0.4 is 5.48 Å². The summed E-state index contributed by atoms with van der Waals surface area (Å²) in [7, 11) is -2.20. The van der Waals surface area contributed by atoms with E-state index in [9.17, 15) is 18.0 Å². The van der Waals surface area contributed by atoms with Crippen molar-refractivity contribution in [1.29, 1.82) is 0 Å². The molecule has 2 heterocycles. The SMILES string of the molecule is CN1CCCCCC2(CCc3cc(C(=O)NO)ccc3S2(=O)=O)C1=O. The Hall–Kier alpha value is -1.93. The molecule has 2 amide bonds. The van der Waals surface area contributed by atoms with Gasteiger partial charge in [0.05, 0.1) is 4.90 Å². The number of nitrogens with one attached hydrogen (secondary N) is 1. The van der Waals surface area contributed by atoms with Crippen molar-refractivity contribution in [2.75, 3.05) is 13.6 Å². The highest BCUT2D eigenvalue weighted by Gasteiger charge is 2.54. The summed E-state index contributed by atoms with van der Waals surface area (Å²) in [5, 5.41) is 8.75. The molecule has 3 rings (SSSR count). The van der Waals surface area contributed by atoms with Gasteiger partial charge in [-0.25, -0.2) is 13.9 Å². The lowest BCUT2D eigenvalue weighted by atomic mass is 9.89. The van der Waals surface area contributed by atoms with Crippen LogP contribution in [0.3, 0.4) is 0 Å². The van der Waals surface area contributed by atoms with E-state index in [1.807, 2.05) is 0 Å². The zero-order valence-electron chi connectivity index (χ0n) is 14.1. The van der Waals surface area contributed by atoms with Gasteiger partial charge < -0.3 is 4.90 Å². The fourth-order valence-electron chi connectivity index (χ4n) is 3.90. The predicted molar refractivity (Wildman–Crippen MR) is 90.0 cm³/mol. The maximum absolute atomic E-state index is 13.4. The Labute approximate surface area is 146 Å². The summed E-state index contributed by atoms with van der Waals surface area (Å²) in [5.41, 5.74) is 2.25. The molecule has 1 atom stereocenters. The number of likely N-dealkylation sites (tertiary alicyclic amines) is 1. The maximum atomic E-state index is 13.4. The average molecular weight is 366 g/mol. The molecular weight excluding hydrogens is 344 g/mol. The number of hydroxylamine groups is 1. The van der Waals surface area contributed by atoms with Crippen LogP contribution in [0.1, 0.15) is 48.0 Å². The largest absolute Gasteiger partial charge is 0.344 e. The number of nitrogens with zero attached hydrogens (tertiary/aromatic N) is 1. The Bertz CT molecular complexity index is 820. The maximum Gasteiger partial charge on any atom is 0.274 e. The number of rotatable bonds is 1. The number of amides is 2. The van der Waals surface area contributed by atoms with Crippen LogP contribution >= 0.6 is 0 Å². The summed E-state index contributed by atoms with van der Waals surface area (Å²) in [5.74, 6) is -1.02. The van der Waals surface area contributed by atoms with E-state index >= 15 is 0 Å². The van der Waals surface area contributed by atoms with Crippen molar-refractivity contribution in [3.63, 3.8) is 0 Å². The van der Waals surface area contributed by atoms with Crippen molar-refractivity contribution < 1.29 is 23.2 Å². The first kappa shape index (κ1) is 17.9. The van der Waals surface area contributed by atoms with Gasteiger partial charge in [0, 0.05) is 19.2 Å². The van der Waals surface area contributed by atoms with Gasteiger partial charge in [-0.15, -0.1) is 0 Å². The monoisotopic (exact) mass is 366 g/mol. The Morgan fingerprint density at radius 3 is 2.72 bits per heavy atom. The minimum Gasteiger partial charge on any atom is -0.344 e. The fraction of sp³-hybridized carbons (Fsp3) is 0.529. The van der Waals surface area contributed by atoms with Gasteiger partial charge in [0.15, 0.2) is 14.6 Å². The van der Waals surface area contributed by atoms with Gasteiger partial charge in [-0.1, -0.05) is 12.8 Å². The third-order valence-electron chi connectivity index (χ3n) is 5.34. The smallest absolute Gasteiger partial charge is 0.274 e. The van der Waals surface area contributed by atoms with E-state index in [2.05, 4.69) is 0 Å². The Kier molecular flexibility index (Phi) is 4.59. The zero-order valence-corrected chi connectivity index (χ0v) is 14.9. The van der Waals surface area contributed by atoms with Crippen LogP contribution in [-0.2, 0) is 21.1 Å². The minimum atomic E-state index is -3.86. The quantitative estimate of drug-likeness (QED) is 0.576. The number of benzene rings is 1. The molecule has 2 aliphatic rings. The van der Waals surface area contributed by atoms with Gasteiger partial charge in [-0.05, 0) is 49.4 Å². The topological polar surface area (TPSA) is 104 Å². The summed E-state index contributed by atoms with van der Waals surface area (Å²) in [6.07, 6.45) is 3.44. The molecule has 0 radical (unpaired) electrons. The highest BCUT2D eigenvalue weighted by molar-refractivity contribution is 7.93. The molecule has 2 aliphatic heterocycles. The lowest BCUT2D eigenvalue weighted by molar-refractivity contribution is -0.133. The predicted octanol–water partition coefficient (Wildman–Crippen LogP) is 1.30. The van der Waals surface area contributed by atoms with Crippen LogP contribution in [0.25, 0.3) is 0 Å². The first-order valence-electron chi connectivity index (χ1n) is 8.41. The van der Waals surface area contributed by atoms with E-state index in [4.69, 9.17) is 5.21 Å². The van der Waals surface area contributed by atoms with Gasteiger partial charge in [0.2, 0.25) is 5.91 Å². The Balaban J connectivity index is 2.09. The third kappa shape index (κ3) is 2.73. The molecule has 1 aromatic carbocycles. The molecule has 0 aromatic heterocycles. The van der Waals surface area contributed by atoms with Crippen molar-refractivity contribution in [2.45, 2.75) is 48.2 Å². The van der Waals surface area contributed by atoms with E-state index in [1.165, 1.54) is 23.1 Å². The fourth-order valence-corrected chi connectivity index (χ4v) is 6.24. The van der Waals surface area contributed by atoms with Gasteiger partial charge in [-0.2, -0.15) is 0 Å². The molecule has 25 heavy (non-hydrogen) atoms. The molecule has 136 valence electrons. The van der Waals surface area contributed by atoms with Crippen LogP contribution in [0.15, 0.2) is 23.1 Å². The molecule has 0 bridgehead atoms. The summed E-state index contributed by atoms with van der Waals surface area (Å²) in [6, 6.07) is 4.21. The highest BCUT2D eigenvalue weighted by atomic mass is 32.2. The number of sulfone groups is 1. The van der Waals surface area contributed by atoms with Crippen molar-refractivity contribution in [1.82, 2.24) is 10.4 Å². The normalized spacial score (nSPS) is 25.8. The molecule has 8 heteroatoms. The summed E-state index contributed by atoms with van der Waals surface area (Å²) >= 11 is 0. The molecule has 1 aromatic rings. The number of carbonyl (C=O) groups is 2. The number of aryl methyl sites for hydroxylation is 1.